The number of carbonyl (C=O) groups excluding carboxylic acids is 1. The van der Waals surface area contributed by atoms with E-state index in [1.165, 1.54) is 13.0 Å². The van der Waals surface area contributed by atoms with Gasteiger partial charge in [0.25, 0.3) is 0 Å². The average Bonchev–Trinajstić information content (AvgIpc) is 2.52. The fraction of sp³-hybridized carbons (Fsp3) is 0.235. The molecule has 0 unspecified atom stereocenters. The fourth-order valence-electron chi connectivity index (χ4n) is 2.26. The first-order chi connectivity index (χ1) is 12.0. The van der Waals surface area contributed by atoms with Gasteiger partial charge in [-0.25, -0.2) is 4.79 Å². The van der Waals surface area contributed by atoms with Crippen molar-refractivity contribution in [2.45, 2.75) is 19.5 Å². The predicted molar refractivity (Wildman–Crippen MR) is 79.5 cm³/mol. The van der Waals surface area contributed by atoms with E-state index in [-0.39, 0.29) is 17.7 Å². The summed E-state index contributed by atoms with van der Waals surface area (Å²) in [5.41, 5.74) is -2.10. The average molecular weight is 378 g/mol. The Morgan fingerprint density at radius 1 is 1.00 bits per heavy atom. The van der Waals surface area contributed by atoms with Gasteiger partial charge in [0.1, 0.15) is 11.3 Å². The van der Waals surface area contributed by atoms with Gasteiger partial charge >= 0.3 is 18.5 Å². The zero-order valence-corrected chi connectivity index (χ0v) is 13.2. The lowest BCUT2D eigenvalue weighted by molar-refractivity contribution is -0.274. The van der Waals surface area contributed by atoms with Crippen LogP contribution in [0, 0.1) is 0 Å². The third kappa shape index (κ3) is 4.68. The van der Waals surface area contributed by atoms with Crippen LogP contribution in [0.1, 0.15) is 22.8 Å². The molecule has 140 valence electrons. The van der Waals surface area contributed by atoms with E-state index in [0.717, 1.165) is 36.4 Å². The van der Waals surface area contributed by atoms with Gasteiger partial charge in [-0.15, -0.1) is 13.2 Å². The van der Waals surface area contributed by atoms with Gasteiger partial charge in [-0.3, -0.25) is 0 Å². The van der Waals surface area contributed by atoms with Crippen LogP contribution in [0.2, 0.25) is 0 Å². The van der Waals surface area contributed by atoms with Gasteiger partial charge in [-0.05, 0) is 36.2 Å². The Morgan fingerprint density at radius 3 is 2.23 bits per heavy atom. The number of esters is 1. The summed E-state index contributed by atoms with van der Waals surface area (Å²) < 4.78 is 85.7. The number of rotatable bonds is 4. The van der Waals surface area contributed by atoms with Gasteiger partial charge < -0.3 is 9.47 Å². The Labute approximate surface area is 144 Å². The van der Waals surface area contributed by atoms with Gasteiger partial charge in [0.05, 0.1) is 12.2 Å². The number of hydrogen-bond acceptors (Lipinski definition) is 3. The fourth-order valence-corrected chi connectivity index (χ4v) is 2.26. The maximum Gasteiger partial charge on any atom is 0.573 e. The molecule has 26 heavy (non-hydrogen) atoms. The zero-order valence-electron chi connectivity index (χ0n) is 13.2. The minimum atomic E-state index is -5.14. The van der Waals surface area contributed by atoms with Gasteiger partial charge in [-0.2, -0.15) is 13.2 Å². The van der Waals surface area contributed by atoms with Crippen LogP contribution in [-0.2, 0) is 10.9 Å². The minimum absolute atomic E-state index is 0.0943. The van der Waals surface area contributed by atoms with E-state index in [2.05, 4.69) is 9.47 Å². The smallest absolute Gasteiger partial charge is 0.462 e. The molecule has 2 aromatic rings. The van der Waals surface area contributed by atoms with Crippen molar-refractivity contribution in [3.63, 3.8) is 0 Å². The number of halogens is 6. The van der Waals surface area contributed by atoms with Crippen LogP contribution in [0.5, 0.6) is 5.75 Å². The van der Waals surface area contributed by atoms with Gasteiger partial charge in [0, 0.05) is 0 Å². The highest BCUT2D eigenvalue weighted by Crippen LogP contribution is 2.39. The van der Waals surface area contributed by atoms with Crippen molar-refractivity contribution >= 4 is 5.97 Å². The van der Waals surface area contributed by atoms with Crippen molar-refractivity contribution in [3.8, 4) is 16.9 Å². The van der Waals surface area contributed by atoms with Crippen LogP contribution in [-0.4, -0.2) is 18.9 Å². The van der Waals surface area contributed by atoms with Crippen LogP contribution in [0.3, 0.4) is 0 Å². The molecule has 0 aliphatic rings. The lowest BCUT2D eigenvalue weighted by Gasteiger charge is -2.16. The summed E-state index contributed by atoms with van der Waals surface area (Å²) in [6, 6.07) is 7.14. The maximum atomic E-state index is 13.1. The summed E-state index contributed by atoms with van der Waals surface area (Å²) in [7, 11) is 0. The molecule has 2 rings (SSSR count). The SMILES string of the molecule is CCOC(=O)c1ccc(-c2ccccc2C(F)(F)F)cc1OC(F)(F)F. The summed E-state index contributed by atoms with van der Waals surface area (Å²) in [4.78, 5) is 11.8. The highest BCUT2D eigenvalue weighted by atomic mass is 19.4. The predicted octanol–water partition coefficient (Wildman–Crippen LogP) is 5.45. The van der Waals surface area contributed by atoms with Crippen LogP contribution in [0.15, 0.2) is 42.5 Å². The number of hydrogen-bond donors (Lipinski definition) is 0. The number of benzene rings is 2. The van der Waals surface area contributed by atoms with Crippen molar-refractivity contribution in [3.05, 3.63) is 53.6 Å². The topological polar surface area (TPSA) is 35.5 Å². The van der Waals surface area contributed by atoms with E-state index in [1.807, 2.05) is 0 Å². The molecular weight excluding hydrogens is 366 g/mol. The Morgan fingerprint density at radius 2 is 1.65 bits per heavy atom. The molecule has 9 heteroatoms. The maximum absolute atomic E-state index is 13.1. The van der Waals surface area contributed by atoms with Crippen LogP contribution in [0.4, 0.5) is 26.3 Å². The zero-order chi connectivity index (χ0) is 19.5. The second-order valence-corrected chi connectivity index (χ2v) is 5.02. The molecule has 0 fully saturated rings. The van der Waals surface area contributed by atoms with E-state index < -0.39 is 35.4 Å². The number of alkyl halides is 6. The normalized spacial score (nSPS) is 12.0. The Balaban J connectivity index is 2.60. The molecule has 0 heterocycles. The van der Waals surface area contributed by atoms with Gasteiger partial charge in [0.15, 0.2) is 0 Å². The summed E-state index contributed by atoms with van der Waals surface area (Å²) in [5.74, 6) is -2.02. The first-order valence-corrected chi connectivity index (χ1v) is 7.26. The highest BCUT2D eigenvalue weighted by Gasteiger charge is 2.35. The highest BCUT2D eigenvalue weighted by molar-refractivity contribution is 5.93. The minimum Gasteiger partial charge on any atom is -0.462 e. The molecule has 0 atom stereocenters. The summed E-state index contributed by atoms with van der Waals surface area (Å²) in [6.45, 7) is 1.36. The Bertz CT molecular complexity index is 796. The largest absolute Gasteiger partial charge is 0.573 e. The second-order valence-electron chi connectivity index (χ2n) is 5.02. The molecule has 0 bridgehead atoms. The monoisotopic (exact) mass is 378 g/mol. The third-order valence-electron chi connectivity index (χ3n) is 3.25. The molecule has 0 saturated carbocycles. The van der Waals surface area contributed by atoms with Gasteiger partial charge in [0.2, 0.25) is 0 Å². The van der Waals surface area contributed by atoms with Crippen molar-refractivity contribution < 1.29 is 40.6 Å². The van der Waals surface area contributed by atoms with Gasteiger partial charge in [-0.1, -0.05) is 24.3 Å². The molecule has 2 aromatic carbocycles. The van der Waals surface area contributed by atoms with Crippen LogP contribution < -0.4 is 4.74 Å². The van der Waals surface area contributed by atoms with E-state index in [0.29, 0.717) is 0 Å². The molecule has 0 aliphatic heterocycles. The van der Waals surface area contributed by atoms with E-state index in [4.69, 9.17) is 0 Å². The molecule has 0 amide bonds. The summed E-state index contributed by atoms with van der Waals surface area (Å²) in [6.07, 6.45) is -9.84. The number of ether oxygens (including phenoxy) is 2. The van der Waals surface area contributed by atoms with E-state index >= 15 is 0 Å². The molecule has 0 aliphatic carbocycles. The molecular formula is C17H12F6O3. The second kappa shape index (κ2) is 7.27. The van der Waals surface area contributed by atoms with Crippen molar-refractivity contribution in [2.24, 2.45) is 0 Å². The molecule has 0 N–H and O–H groups in total. The quantitative estimate of drug-likeness (QED) is 0.524. The van der Waals surface area contributed by atoms with Crippen molar-refractivity contribution in [1.82, 2.24) is 0 Å². The lowest BCUT2D eigenvalue weighted by atomic mass is 9.98. The standard InChI is InChI=1S/C17H12F6O3/c1-2-25-15(24)12-8-7-10(9-14(12)26-17(21,22)23)11-5-3-4-6-13(11)16(18,19)20/h3-9H,2H2,1H3. The molecule has 3 nitrogen and oxygen atoms in total. The summed E-state index contributed by atoms with van der Waals surface area (Å²) >= 11 is 0. The molecule has 0 saturated heterocycles. The Hall–Kier alpha value is -2.71. The first kappa shape index (κ1) is 19.6. The third-order valence-corrected chi connectivity index (χ3v) is 3.25. The first-order valence-electron chi connectivity index (χ1n) is 7.26. The lowest BCUT2D eigenvalue weighted by Crippen LogP contribution is -2.19. The van der Waals surface area contributed by atoms with Crippen LogP contribution >= 0.6 is 0 Å². The molecule has 0 spiro atoms. The van der Waals surface area contributed by atoms with Crippen molar-refractivity contribution in [1.29, 1.82) is 0 Å². The van der Waals surface area contributed by atoms with Crippen LogP contribution in [0.25, 0.3) is 11.1 Å². The van der Waals surface area contributed by atoms with E-state index in [1.54, 1.807) is 0 Å². The molecule has 0 radical (unpaired) electrons. The number of carbonyl (C=O) groups is 1. The Kier molecular flexibility index (Phi) is 5.48. The van der Waals surface area contributed by atoms with Crippen molar-refractivity contribution in [2.75, 3.05) is 6.61 Å². The van der Waals surface area contributed by atoms with E-state index in [9.17, 15) is 31.1 Å². The summed E-state index contributed by atoms with van der Waals surface area (Å²) in [5, 5.41) is 0. The molecule has 0 aromatic heterocycles.